The van der Waals surface area contributed by atoms with Crippen LogP contribution in [0.4, 0.5) is 13.2 Å². The van der Waals surface area contributed by atoms with Gasteiger partial charge in [-0.15, -0.1) is 0 Å². The maximum atomic E-state index is 12.5. The van der Waals surface area contributed by atoms with Crippen molar-refractivity contribution in [3.8, 4) is 5.75 Å². The number of benzene rings is 1. The lowest BCUT2D eigenvalue weighted by Gasteiger charge is -2.17. The van der Waals surface area contributed by atoms with E-state index >= 15 is 0 Å². The third-order valence-electron chi connectivity index (χ3n) is 2.56. The van der Waals surface area contributed by atoms with E-state index < -0.39 is 11.7 Å². The van der Waals surface area contributed by atoms with Crippen molar-refractivity contribution in [3.63, 3.8) is 0 Å². The third kappa shape index (κ3) is 3.36. The van der Waals surface area contributed by atoms with Crippen molar-refractivity contribution in [2.24, 2.45) is 5.73 Å². The van der Waals surface area contributed by atoms with Gasteiger partial charge in [0, 0.05) is 11.6 Å². The molecule has 0 aromatic heterocycles. The highest BCUT2D eigenvalue weighted by Gasteiger charge is 2.31. The Hall–Kier alpha value is -1.23. The summed E-state index contributed by atoms with van der Waals surface area (Å²) in [5, 5.41) is 0. The van der Waals surface area contributed by atoms with E-state index in [0.717, 1.165) is 18.6 Å². The Morgan fingerprint density at radius 1 is 1.35 bits per heavy atom. The van der Waals surface area contributed by atoms with E-state index in [4.69, 9.17) is 10.5 Å². The number of hydrogen-bond donors (Lipinski definition) is 1. The summed E-state index contributed by atoms with van der Waals surface area (Å²) < 4.78 is 42.5. The Bertz CT molecular complexity index is 377. The number of ether oxygens (including phenoxy) is 1. The maximum Gasteiger partial charge on any atom is 0.416 e. The highest BCUT2D eigenvalue weighted by Crippen LogP contribution is 2.35. The van der Waals surface area contributed by atoms with Gasteiger partial charge >= 0.3 is 6.18 Å². The van der Waals surface area contributed by atoms with Crippen LogP contribution in [0.5, 0.6) is 5.75 Å². The fourth-order valence-corrected chi connectivity index (χ4v) is 1.66. The van der Waals surface area contributed by atoms with E-state index in [-0.39, 0.29) is 11.8 Å². The van der Waals surface area contributed by atoms with Crippen LogP contribution in [-0.2, 0) is 6.18 Å². The molecule has 0 spiro atoms. The lowest BCUT2D eigenvalue weighted by atomic mass is 10.0. The summed E-state index contributed by atoms with van der Waals surface area (Å²) in [6.45, 7) is 1.97. The first-order valence-electron chi connectivity index (χ1n) is 5.40. The van der Waals surface area contributed by atoms with Crippen molar-refractivity contribution in [1.29, 1.82) is 0 Å². The van der Waals surface area contributed by atoms with E-state index in [1.807, 2.05) is 6.92 Å². The molecule has 0 aliphatic carbocycles. The summed E-state index contributed by atoms with van der Waals surface area (Å²) in [6, 6.07) is 3.12. The van der Waals surface area contributed by atoms with Crippen molar-refractivity contribution in [3.05, 3.63) is 29.3 Å². The van der Waals surface area contributed by atoms with Gasteiger partial charge in [0.1, 0.15) is 5.75 Å². The first kappa shape index (κ1) is 13.8. The number of hydrogen-bond acceptors (Lipinski definition) is 2. The summed E-state index contributed by atoms with van der Waals surface area (Å²) >= 11 is 0. The topological polar surface area (TPSA) is 35.2 Å². The average molecular weight is 247 g/mol. The normalized spacial score (nSPS) is 13.5. The van der Waals surface area contributed by atoms with Gasteiger partial charge in [0.25, 0.3) is 0 Å². The van der Waals surface area contributed by atoms with Crippen LogP contribution in [-0.4, -0.2) is 7.11 Å². The van der Waals surface area contributed by atoms with Crippen LogP contribution in [0.1, 0.15) is 36.9 Å². The highest BCUT2D eigenvalue weighted by molar-refractivity contribution is 5.40. The van der Waals surface area contributed by atoms with Crippen LogP contribution in [0, 0.1) is 0 Å². The summed E-state index contributed by atoms with van der Waals surface area (Å²) in [7, 11) is 1.34. The van der Waals surface area contributed by atoms with Gasteiger partial charge in [-0.05, 0) is 18.6 Å². The minimum atomic E-state index is -4.36. The van der Waals surface area contributed by atoms with E-state index in [1.54, 1.807) is 0 Å². The van der Waals surface area contributed by atoms with Crippen molar-refractivity contribution >= 4 is 0 Å². The molecule has 1 aromatic carbocycles. The van der Waals surface area contributed by atoms with Crippen LogP contribution in [0.25, 0.3) is 0 Å². The molecular formula is C12H16F3NO. The molecule has 2 N–H and O–H groups in total. The van der Waals surface area contributed by atoms with Crippen LogP contribution in [0.3, 0.4) is 0 Å². The fraction of sp³-hybridized carbons (Fsp3) is 0.500. The van der Waals surface area contributed by atoms with Crippen molar-refractivity contribution in [1.82, 2.24) is 0 Å². The average Bonchev–Trinajstić information content (AvgIpc) is 2.27. The molecule has 0 saturated carbocycles. The van der Waals surface area contributed by atoms with Gasteiger partial charge in [0.2, 0.25) is 0 Å². The fourth-order valence-electron chi connectivity index (χ4n) is 1.66. The molecule has 2 nitrogen and oxygen atoms in total. The maximum absolute atomic E-state index is 12.5. The smallest absolute Gasteiger partial charge is 0.416 e. The Morgan fingerprint density at radius 3 is 2.47 bits per heavy atom. The number of rotatable bonds is 4. The molecule has 0 bridgehead atoms. The zero-order valence-corrected chi connectivity index (χ0v) is 9.84. The van der Waals surface area contributed by atoms with Gasteiger partial charge in [-0.1, -0.05) is 19.4 Å². The summed E-state index contributed by atoms with van der Waals surface area (Å²) in [6.07, 6.45) is -2.78. The molecule has 0 saturated heterocycles. The van der Waals surface area contributed by atoms with Crippen molar-refractivity contribution in [2.45, 2.75) is 32.0 Å². The van der Waals surface area contributed by atoms with Gasteiger partial charge < -0.3 is 10.5 Å². The predicted molar refractivity (Wildman–Crippen MR) is 59.8 cm³/mol. The number of methoxy groups -OCH3 is 1. The second kappa shape index (κ2) is 5.40. The Balaban J connectivity index is 3.10. The molecular weight excluding hydrogens is 231 g/mol. The molecule has 0 amide bonds. The first-order chi connectivity index (χ1) is 7.90. The highest BCUT2D eigenvalue weighted by atomic mass is 19.4. The van der Waals surface area contributed by atoms with Gasteiger partial charge in [0.05, 0.1) is 12.7 Å². The molecule has 5 heteroatoms. The monoisotopic (exact) mass is 247 g/mol. The Labute approximate surface area is 98.6 Å². The Morgan fingerprint density at radius 2 is 2.00 bits per heavy atom. The molecule has 0 aliphatic heterocycles. The number of alkyl halides is 3. The largest absolute Gasteiger partial charge is 0.496 e. The van der Waals surface area contributed by atoms with Gasteiger partial charge in [-0.2, -0.15) is 13.2 Å². The lowest BCUT2D eigenvalue weighted by molar-refractivity contribution is -0.137. The quantitative estimate of drug-likeness (QED) is 0.883. The minimum Gasteiger partial charge on any atom is -0.496 e. The zero-order valence-electron chi connectivity index (χ0n) is 9.84. The van der Waals surface area contributed by atoms with Crippen LogP contribution < -0.4 is 10.5 Å². The van der Waals surface area contributed by atoms with Crippen molar-refractivity contribution in [2.75, 3.05) is 7.11 Å². The minimum absolute atomic E-state index is 0.195. The second-order valence-corrected chi connectivity index (χ2v) is 3.85. The van der Waals surface area contributed by atoms with E-state index in [0.29, 0.717) is 12.0 Å². The molecule has 0 heterocycles. The standard InChI is InChI=1S/C12H16F3NO/c1-3-4-10(16)9-6-5-8(12(13,14)15)7-11(9)17-2/h5-7,10H,3-4,16H2,1-2H3. The molecule has 0 fully saturated rings. The van der Waals surface area contributed by atoms with Gasteiger partial charge in [-0.25, -0.2) is 0 Å². The number of nitrogens with two attached hydrogens (primary N) is 1. The zero-order chi connectivity index (χ0) is 13.1. The van der Waals surface area contributed by atoms with Gasteiger partial charge in [0.15, 0.2) is 0 Å². The summed E-state index contributed by atoms with van der Waals surface area (Å²) in [4.78, 5) is 0. The Kier molecular flexibility index (Phi) is 4.40. The predicted octanol–water partition coefficient (Wildman–Crippen LogP) is 3.51. The molecule has 0 aliphatic rings. The lowest BCUT2D eigenvalue weighted by Crippen LogP contribution is -2.13. The first-order valence-corrected chi connectivity index (χ1v) is 5.40. The van der Waals surface area contributed by atoms with Crippen LogP contribution >= 0.6 is 0 Å². The third-order valence-corrected chi connectivity index (χ3v) is 2.56. The van der Waals surface area contributed by atoms with Crippen LogP contribution in [0.2, 0.25) is 0 Å². The molecule has 1 aromatic rings. The SMILES string of the molecule is CCCC(N)c1ccc(C(F)(F)F)cc1OC. The molecule has 1 unspecified atom stereocenters. The number of halogens is 3. The van der Waals surface area contributed by atoms with E-state index in [1.165, 1.54) is 13.2 Å². The van der Waals surface area contributed by atoms with E-state index in [9.17, 15) is 13.2 Å². The molecule has 1 atom stereocenters. The molecule has 1 rings (SSSR count). The summed E-state index contributed by atoms with van der Waals surface area (Å²) in [5.74, 6) is 0.195. The summed E-state index contributed by atoms with van der Waals surface area (Å²) in [5.41, 5.74) is 5.77. The molecule has 17 heavy (non-hydrogen) atoms. The van der Waals surface area contributed by atoms with Crippen molar-refractivity contribution < 1.29 is 17.9 Å². The molecule has 96 valence electrons. The van der Waals surface area contributed by atoms with Gasteiger partial charge in [-0.3, -0.25) is 0 Å². The van der Waals surface area contributed by atoms with Crippen LogP contribution in [0.15, 0.2) is 18.2 Å². The second-order valence-electron chi connectivity index (χ2n) is 3.85. The van der Waals surface area contributed by atoms with E-state index in [2.05, 4.69) is 0 Å². The molecule has 0 radical (unpaired) electrons.